The van der Waals surface area contributed by atoms with Crippen molar-refractivity contribution < 1.29 is 9.53 Å². The van der Waals surface area contributed by atoms with E-state index in [4.69, 9.17) is 4.74 Å². The summed E-state index contributed by atoms with van der Waals surface area (Å²) >= 11 is 0. The number of carbonyl (C=O) groups is 1. The van der Waals surface area contributed by atoms with Crippen molar-refractivity contribution >= 4 is 17.5 Å². The molecule has 0 unspecified atom stereocenters. The van der Waals surface area contributed by atoms with Crippen LogP contribution < -0.4 is 9.80 Å². The van der Waals surface area contributed by atoms with Crippen molar-refractivity contribution in [3.8, 4) is 0 Å². The summed E-state index contributed by atoms with van der Waals surface area (Å²) in [6, 6.07) is 4.09. The molecule has 1 amide bonds. The van der Waals surface area contributed by atoms with Crippen LogP contribution in [0.3, 0.4) is 0 Å². The van der Waals surface area contributed by atoms with Crippen LogP contribution in [0.2, 0.25) is 0 Å². The first kappa shape index (κ1) is 19.9. The summed E-state index contributed by atoms with van der Waals surface area (Å²) in [5.74, 6) is 2.35. The van der Waals surface area contributed by atoms with Gasteiger partial charge in [-0.2, -0.15) is 0 Å². The van der Waals surface area contributed by atoms with Crippen LogP contribution in [0.15, 0.2) is 12.1 Å². The van der Waals surface area contributed by atoms with E-state index < -0.39 is 0 Å². The van der Waals surface area contributed by atoms with Crippen LogP contribution in [-0.4, -0.2) is 73.5 Å². The van der Waals surface area contributed by atoms with Crippen molar-refractivity contribution in [1.29, 1.82) is 0 Å². The molecule has 3 heterocycles. The Bertz CT molecular complexity index is 575. The monoisotopic (exact) mass is 375 g/mol. The first-order valence-electron chi connectivity index (χ1n) is 10.4. The molecule has 1 aromatic heterocycles. The van der Waals surface area contributed by atoms with Crippen LogP contribution in [0.5, 0.6) is 0 Å². The highest BCUT2D eigenvalue weighted by molar-refractivity contribution is 5.79. The second-order valence-electron chi connectivity index (χ2n) is 7.44. The molecule has 3 rings (SSSR count). The predicted octanol–water partition coefficient (Wildman–Crippen LogP) is 2.18. The third-order valence-electron chi connectivity index (χ3n) is 5.51. The molecule has 0 bridgehead atoms. The van der Waals surface area contributed by atoms with Gasteiger partial charge in [-0.15, -0.1) is 10.2 Å². The van der Waals surface area contributed by atoms with E-state index >= 15 is 0 Å². The number of hydrogen-bond acceptors (Lipinski definition) is 6. The van der Waals surface area contributed by atoms with Crippen LogP contribution >= 0.6 is 0 Å². The van der Waals surface area contributed by atoms with E-state index in [0.717, 1.165) is 89.8 Å². The van der Waals surface area contributed by atoms with E-state index in [1.807, 2.05) is 17.0 Å². The number of amides is 1. The Morgan fingerprint density at radius 1 is 0.926 bits per heavy atom. The zero-order valence-electron chi connectivity index (χ0n) is 16.8. The van der Waals surface area contributed by atoms with E-state index in [0.29, 0.717) is 5.91 Å². The molecule has 1 aromatic rings. The molecular weight excluding hydrogens is 342 g/mol. The van der Waals surface area contributed by atoms with E-state index in [9.17, 15) is 4.79 Å². The van der Waals surface area contributed by atoms with Crippen molar-refractivity contribution in [3.05, 3.63) is 12.1 Å². The average molecular weight is 376 g/mol. The lowest BCUT2D eigenvalue weighted by molar-refractivity contribution is -0.136. The van der Waals surface area contributed by atoms with Gasteiger partial charge in [-0.1, -0.05) is 26.7 Å². The minimum absolute atomic E-state index is 0.194. The molecular formula is C20H33N5O2. The molecule has 0 aliphatic carbocycles. The number of ether oxygens (including phenoxy) is 1. The SMILES string of the molecule is CCCC(CCC)C(=O)N1CCN(c2ccc(N3CCOCC3)nn2)CC1. The van der Waals surface area contributed by atoms with E-state index in [1.165, 1.54) is 0 Å². The molecule has 2 saturated heterocycles. The molecule has 0 radical (unpaired) electrons. The molecule has 2 aliphatic heterocycles. The van der Waals surface area contributed by atoms with Gasteiger partial charge in [0.25, 0.3) is 0 Å². The Kier molecular flexibility index (Phi) is 7.26. The number of morpholine rings is 1. The highest BCUT2D eigenvalue weighted by Crippen LogP contribution is 2.20. The quantitative estimate of drug-likeness (QED) is 0.728. The Hall–Kier alpha value is -1.89. The average Bonchev–Trinajstić information content (AvgIpc) is 2.74. The fourth-order valence-corrected chi connectivity index (χ4v) is 3.95. The molecule has 0 spiro atoms. The van der Waals surface area contributed by atoms with E-state index in [-0.39, 0.29) is 5.92 Å². The van der Waals surface area contributed by atoms with Gasteiger partial charge in [0.15, 0.2) is 11.6 Å². The van der Waals surface area contributed by atoms with Gasteiger partial charge in [0.2, 0.25) is 5.91 Å². The fourth-order valence-electron chi connectivity index (χ4n) is 3.95. The topological polar surface area (TPSA) is 61.8 Å². The Morgan fingerprint density at radius 2 is 1.44 bits per heavy atom. The molecule has 7 nitrogen and oxygen atoms in total. The zero-order chi connectivity index (χ0) is 19.1. The highest BCUT2D eigenvalue weighted by Gasteiger charge is 2.27. The summed E-state index contributed by atoms with van der Waals surface area (Å²) < 4.78 is 5.39. The van der Waals surface area contributed by atoms with Crippen molar-refractivity contribution in [2.75, 3.05) is 62.3 Å². The summed E-state index contributed by atoms with van der Waals surface area (Å²) in [7, 11) is 0. The van der Waals surface area contributed by atoms with Crippen LogP contribution in [0.4, 0.5) is 11.6 Å². The van der Waals surface area contributed by atoms with Crippen LogP contribution in [0.1, 0.15) is 39.5 Å². The summed E-state index contributed by atoms with van der Waals surface area (Å²) in [6.07, 6.45) is 4.14. The van der Waals surface area contributed by atoms with Gasteiger partial charge in [0.05, 0.1) is 13.2 Å². The maximum atomic E-state index is 12.8. The smallest absolute Gasteiger partial charge is 0.225 e. The summed E-state index contributed by atoms with van der Waals surface area (Å²) in [4.78, 5) is 19.3. The van der Waals surface area contributed by atoms with Gasteiger partial charge in [0, 0.05) is 45.2 Å². The Morgan fingerprint density at radius 3 is 1.93 bits per heavy atom. The molecule has 150 valence electrons. The zero-order valence-corrected chi connectivity index (χ0v) is 16.8. The lowest BCUT2D eigenvalue weighted by atomic mass is 9.96. The number of hydrogen-bond donors (Lipinski definition) is 0. The first-order chi connectivity index (χ1) is 13.2. The standard InChI is InChI=1S/C20H33N5O2/c1-3-5-17(6-4-2)20(26)25-11-9-23(10-12-25)18-7-8-19(22-21-18)24-13-15-27-16-14-24/h7-8,17H,3-6,9-16H2,1-2H3. The Labute approximate surface area is 162 Å². The molecule has 0 aromatic carbocycles. The maximum Gasteiger partial charge on any atom is 0.225 e. The fraction of sp³-hybridized carbons (Fsp3) is 0.750. The Balaban J connectivity index is 1.53. The van der Waals surface area contributed by atoms with Gasteiger partial charge < -0.3 is 19.4 Å². The molecule has 2 fully saturated rings. The predicted molar refractivity (Wildman–Crippen MR) is 107 cm³/mol. The minimum atomic E-state index is 0.194. The molecule has 0 atom stereocenters. The summed E-state index contributed by atoms with van der Waals surface area (Å²) in [5.41, 5.74) is 0. The van der Waals surface area contributed by atoms with E-state index in [1.54, 1.807) is 0 Å². The second kappa shape index (κ2) is 9.88. The van der Waals surface area contributed by atoms with Crippen LogP contribution in [0.25, 0.3) is 0 Å². The maximum absolute atomic E-state index is 12.8. The molecule has 0 N–H and O–H groups in total. The van der Waals surface area contributed by atoms with Crippen molar-refractivity contribution in [2.45, 2.75) is 39.5 Å². The molecule has 2 aliphatic rings. The summed E-state index contributed by atoms with van der Waals surface area (Å²) in [5, 5.41) is 8.84. The van der Waals surface area contributed by atoms with Crippen LogP contribution in [-0.2, 0) is 9.53 Å². The number of rotatable bonds is 7. The first-order valence-corrected chi connectivity index (χ1v) is 10.4. The number of carbonyl (C=O) groups excluding carboxylic acids is 1. The normalized spacial score (nSPS) is 18.3. The van der Waals surface area contributed by atoms with Gasteiger partial charge in [-0.25, -0.2) is 0 Å². The molecule has 0 saturated carbocycles. The van der Waals surface area contributed by atoms with Gasteiger partial charge in [-0.3, -0.25) is 4.79 Å². The number of aromatic nitrogens is 2. The van der Waals surface area contributed by atoms with Gasteiger partial charge in [-0.05, 0) is 25.0 Å². The largest absolute Gasteiger partial charge is 0.378 e. The molecule has 7 heteroatoms. The summed E-state index contributed by atoms with van der Waals surface area (Å²) in [6.45, 7) is 10.7. The second-order valence-corrected chi connectivity index (χ2v) is 7.44. The van der Waals surface area contributed by atoms with Crippen molar-refractivity contribution in [1.82, 2.24) is 15.1 Å². The van der Waals surface area contributed by atoms with E-state index in [2.05, 4.69) is 33.8 Å². The lowest BCUT2D eigenvalue weighted by Gasteiger charge is -2.37. The minimum Gasteiger partial charge on any atom is -0.378 e. The van der Waals surface area contributed by atoms with Crippen molar-refractivity contribution in [3.63, 3.8) is 0 Å². The molecule has 27 heavy (non-hydrogen) atoms. The number of nitrogens with zero attached hydrogens (tertiary/aromatic N) is 5. The van der Waals surface area contributed by atoms with Crippen LogP contribution in [0, 0.1) is 5.92 Å². The lowest BCUT2D eigenvalue weighted by Crippen LogP contribution is -2.50. The number of anilines is 2. The van der Waals surface area contributed by atoms with Crippen molar-refractivity contribution in [2.24, 2.45) is 5.92 Å². The third kappa shape index (κ3) is 5.09. The third-order valence-corrected chi connectivity index (χ3v) is 5.51. The van der Waals surface area contributed by atoms with Gasteiger partial charge >= 0.3 is 0 Å². The number of piperazine rings is 1. The highest BCUT2D eigenvalue weighted by atomic mass is 16.5. The van der Waals surface area contributed by atoms with Gasteiger partial charge in [0.1, 0.15) is 0 Å².